The summed E-state index contributed by atoms with van der Waals surface area (Å²) < 4.78 is 4.94. The van der Waals surface area contributed by atoms with Gasteiger partial charge in [0.2, 0.25) is 5.65 Å². The highest BCUT2D eigenvalue weighted by Crippen LogP contribution is 2.28. The Balaban J connectivity index is 1.04. The number of benzene rings is 2. The van der Waals surface area contributed by atoms with E-state index >= 15 is 0 Å². The van der Waals surface area contributed by atoms with E-state index in [1.54, 1.807) is 15.6 Å². The summed E-state index contributed by atoms with van der Waals surface area (Å²) in [5, 5.41) is 15.9. The summed E-state index contributed by atoms with van der Waals surface area (Å²) in [5.41, 5.74) is 10.8. The molecule has 1 fully saturated rings. The van der Waals surface area contributed by atoms with Crippen molar-refractivity contribution in [3.05, 3.63) is 112 Å². The third-order valence-electron chi connectivity index (χ3n) is 8.65. The van der Waals surface area contributed by atoms with Gasteiger partial charge in [-0.1, -0.05) is 42.5 Å². The Hall–Kier alpha value is -4.54. The number of fused-ring (bicyclic) bond motifs is 2. The van der Waals surface area contributed by atoms with Crippen molar-refractivity contribution in [2.45, 2.75) is 50.4 Å². The van der Waals surface area contributed by atoms with Crippen molar-refractivity contribution in [1.29, 1.82) is 0 Å². The van der Waals surface area contributed by atoms with Gasteiger partial charge in [0.1, 0.15) is 12.0 Å². The highest BCUT2D eigenvalue weighted by atomic mass is 16.3. The van der Waals surface area contributed by atoms with Gasteiger partial charge in [-0.05, 0) is 60.6 Å². The SMILES string of the molecule is NC1Cc2ccc(-c3cnc4c(=O)n(CC5(O)CCN(C(=O)c6cccn6Cc6ccccc6)CC5)cnn34)cc2C1. The van der Waals surface area contributed by atoms with E-state index in [1.165, 1.54) is 22.0 Å². The molecule has 0 spiro atoms. The molecule has 1 atom stereocenters. The number of hydrogen-bond acceptors (Lipinski definition) is 6. The molecule has 3 aromatic heterocycles. The Labute approximate surface area is 242 Å². The Bertz CT molecular complexity index is 1830. The summed E-state index contributed by atoms with van der Waals surface area (Å²) >= 11 is 0. The number of amides is 1. The first-order valence-electron chi connectivity index (χ1n) is 14.4. The van der Waals surface area contributed by atoms with Gasteiger partial charge in [-0.25, -0.2) is 9.50 Å². The lowest BCUT2D eigenvalue weighted by Crippen LogP contribution is -2.50. The van der Waals surface area contributed by atoms with Gasteiger partial charge in [-0.15, -0.1) is 0 Å². The maximum absolute atomic E-state index is 13.4. The van der Waals surface area contributed by atoms with Gasteiger partial charge >= 0.3 is 0 Å². The van der Waals surface area contributed by atoms with Crippen molar-refractivity contribution < 1.29 is 9.90 Å². The van der Waals surface area contributed by atoms with E-state index in [9.17, 15) is 14.7 Å². The largest absolute Gasteiger partial charge is 0.388 e. The van der Waals surface area contributed by atoms with Crippen LogP contribution in [-0.2, 0) is 25.9 Å². The molecule has 0 saturated carbocycles. The van der Waals surface area contributed by atoms with Gasteiger partial charge in [-0.3, -0.25) is 14.2 Å². The van der Waals surface area contributed by atoms with Crippen LogP contribution in [0.5, 0.6) is 0 Å². The number of likely N-dealkylation sites (tertiary alicyclic amines) is 1. The quantitative estimate of drug-likeness (QED) is 0.327. The molecule has 10 heteroatoms. The van der Waals surface area contributed by atoms with Crippen LogP contribution < -0.4 is 11.3 Å². The second-order valence-electron chi connectivity index (χ2n) is 11.6. The molecule has 1 aliphatic carbocycles. The molecule has 2 aromatic carbocycles. The molecule has 2 aliphatic rings. The van der Waals surface area contributed by atoms with Crippen LogP contribution in [0, 0.1) is 0 Å². The topological polar surface area (TPSA) is 124 Å². The molecule has 0 radical (unpaired) electrons. The number of nitrogens with zero attached hydrogens (tertiary/aromatic N) is 6. The molecule has 42 heavy (non-hydrogen) atoms. The summed E-state index contributed by atoms with van der Waals surface area (Å²) in [5.74, 6) is -0.0586. The van der Waals surface area contributed by atoms with E-state index in [2.05, 4.69) is 22.2 Å². The van der Waals surface area contributed by atoms with Gasteiger partial charge in [0, 0.05) is 37.4 Å². The number of aromatic nitrogens is 5. The fraction of sp³-hybridized carbons (Fsp3) is 0.312. The monoisotopic (exact) mass is 563 g/mol. The van der Waals surface area contributed by atoms with E-state index in [1.807, 2.05) is 59.3 Å². The average molecular weight is 564 g/mol. The number of rotatable bonds is 6. The number of hydrogen-bond donors (Lipinski definition) is 2. The van der Waals surface area contributed by atoms with Crippen molar-refractivity contribution in [2.24, 2.45) is 5.73 Å². The standard InChI is InChI=1S/C32H33N7O3/c33-26-16-23-8-9-24(15-25(23)17-26)28-18-34-29-31(41)38(21-35-39(28)29)20-32(42)10-13-36(14-11-32)30(40)27-7-4-12-37(27)19-22-5-2-1-3-6-22/h1-9,12,15,18,21,26,42H,10-11,13-14,16-17,19-20,33H2. The lowest BCUT2D eigenvalue weighted by atomic mass is 9.91. The Kier molecular flexibility index (Phi) is 6.52. The van der Waals surface area contributed by atoms with E-state index in [0.717, 1.165) is 29.7 Å². The van der Waals surface area contributed by atoms with Crippen LogP contribution >= 0.6 is 0 Å². The second-order valence-corrected chi connectivity index (χ2v) is 11.6. The van der Waals surface area contributed by atoms with Crippen molar-refractivity contribution >= 4 is 11.6 Å². The summed E-state index contributed by atoms with van der Waals surface area (Å²) in [6.45, 7) is 1.49. The summed E-state index contributed by atoms with van der Waals surface area (Å²) in [6, 6.07) is 20.1. The van der Waals surface area contributed by atoms with Crippen molar-refractivity contribution in [3.8, 4) is 11.3 Å². The van der Waals surface area contributed by atoms with Crippen LogP contribution in [-0.4, -0.2) is 64.4 Å². The Morgan fingerprint density at radius 1 is 1.00 bits per heavy atom. The smallest absolute Gasteiger partial charge is 0.296 e. The van der Waals surface area contributed by atoms with Crippen LogP contribution in [0.3, 0.4) is 0 Å². The normalized spacial score (nSPS) is 18.0. The highest BCUT2D eigenvalue weighted by Gasteiger charge is 2.35. The third-order valence-corrected chi connectivity index (χ3v) is 8.65. The minimum absolute atomic E-state index is 0.0586. The molecule has 1 amide bonds. The first-order valence-corrected chi connectivity index (χ1v) is 14.4. The molecular weight excluding hydrogens is 530 g/mol. The molecule has 5 aromatic rings. The molecule has 10 nitrogen and oxygen atoms in total. The Morgan fingerprint density at radius 2 is 1.79 bits per heavy atom. The minimum atomic E-state index is -1.14. The first kappa shape index (κ1) is 26.4. The van der Waals surface area contributed by atoms with Crippen LogP contribution in [0.2, 0.25) is 0 Å². The van der Waals surface area contributed by atoms with E-state index in [-0.39, 0.29) is 29.7 Å². The zero-order valence-electron chi connectivity index (χ0n) is 23.3. The van der Waals surface area contributed by atoms with Crippen LogP contribution in [0.4, 0.5) is 0 Å². The molecule has 214 valence electrons. The van der Waals surface area contributed by atoms with Gasteiger partial charge < -0.3 is 20.3 Å². The molecule has 3 N–H and O–H groups in total. The fourth-order valence-electron chi connectivity index (χ4n) is 6.31. The summed E-state index contributed by atoms with van der Waals surface area (Å²) in [6.07, 6.45) is 7.47. The minimum Gasteiger partial charge on any atom is -0.388 e. The summed E-state index contributed by atoms with van der Waals surface area (Å²) in [4.78, 5) is 32.9. The molecule has 1 unspecified atom stereocenters. The van der Waals surface area contributed by atoms with E-state index in [0.29, 0.717) is 38.2 Å². The zero-order chi connectivity index (χ0) is 28.8. The van der Waals surface area contributed by atoms with Crippen LogP contribution in [0.25, 0.3) is 16.9 Å². The number of carbonyl (C=O) groups is 1. The van der Waals surface area contributed by atoms with E-state index < -0.39 is 5.60 Å². The third kappa shape index (κ3) is 4.82. The number of nitrogens with two attached hydrogens (primary N) is 1. The number of carbonyl (C=O) groups excluding carboxylic acids is 1. The fourth-order valence-corrected chi connectivity index (χ4v) is 6.31. The van der Waals surface area contributed by atoms with Gasteiger partial charge in [0.05, 0.1) is 24.0 Å². The highest BCUT2D eigenvalue weighted by molar-refractivity contribution is 5.93. The lowest BCUT2D eigenvalue weighted by molar-refractivity contribution is -0.0302. The first-order chi connectivity index (χ1) is 20.4. The molecule has 0 bridgehead atoms. The summed E-state index contributed by atoms with van der Waals surface area (Å²) in [7, 11) is 0. The van der Waals surface area contributed by atoms with Gasteiger partial charge in [-0.2, -0.15) is 5.10 Å². The van der Waals surface area contributed by atoms with E-state index in [4.69, 9.17) is 5.73 Å². The molecular formula is C32H33N7O3. The number of aliphatic hydroxyl groups is 1. The molecule has 7 rings (SSSR count). The molecule has 1 aliphatic heterocycles. The lowest BCUT2D eigenvalue weighted by Gasteiger charge is -2.38. The molecule has 4 heterocycles. The predicted molar refractivity (Wildman–Crippen MR) is 158 cm³/mol. The van der Waals surface area contributed by atoms with Crippen LogP contribution in [0.1, 0.15) is 40.0 Å². The maximum atomic E-state index is 13.4. The van der Waals surface area contributed by atoms with Crippen molar-refractivity contribution in [1.82, 2.24) is 28.6 Å². The molecule has 1 saturated heterocycles. The zero-order valence-corrected chi connectivity index (χ0v) is 23.3. The number of imidazole rings is 1. The van der Waals surface area contributed by atoms with Crippen LogP contribution in [0.15, 0.2) is 84.2 Å². The van der Waals surface area contributed by atoms with Gasteiger partial charge in [0.15, 0.2) is 0 Å². The number of piperidine rings is 1. The Morgan fingerprint density at radius 3 is 2.60 bits per heavy atom. The predicted octanol–water partition coefficient (Wildman–Crippen LogP) is 2.50. The van der Waals surface area contributed by atoms with Crippen molar-refractivity contribution in [3.63, 3.8) is 0 Å². The van der Waals surface area contributed by atoms with Crippen molar-refractivity contribution in [2.75, 3.05) is 13.1 Å². The second kappa shape index (κ2) is 10.4. The maximum Gasteiger partial charge on any atom is 0.296 e. The average Bonchev–Trinajstić information content (AvgIpc) is 3.72. The van der Waals surface area contributed by atoms with Gasteiger partial charge in [0.25, 0.3) is 11.5 Å².